The van der Waals surface area contributed by atoms with Crippen LogP contribution in [0.25, 0.3) is 0 Å². The molecule has 1 atom stereocenters. The second-order valence-electron chi connectivity index (χ2n) is 5.32. The molecule has 0 spiro atoms. The Morgan fingerprint density at radius 2 is 2.18 bits per heavy atom. The van der Waals surface area contributed by atoms with Gasteiger partial charge in [-0.15, -0.1) is 0 Å². The first kappa shape index (κ1) is 14.8. The van der Waals surface area contributed by atoms with Gasteiger partial charge in [-0.3, -0.25) is 0 Å². The Morgan fingerprint density at radius 3 is 3.00 bits per heavy atom. The average Bonchev–Trinajstić information content (AvgIpc) is 2.91. The number of methoxy groups -OCH3 is 1. The summed E-state index contributed by atoms with van der Waals surface area (Å²) >= 11 is 0. The summed E-state index contributed by atoms with van der Waals surface area (Å²) < 4.78 is 13.0. The summed E-state index contributed by atoms with van der Waals surface area (Å²) in [5.41, 5.74) is 0. The van der Waals surface area contributed by atoms with Crippen LogP contribution in [-0.2, 0) is 17.8 Å². The van der Waals surface area contributed by atoms with Crippen LogP contribution >= 0.6 is 0 Å². The van der Waals surface area contributed by atoms with Gasteiger partial charge < -0.3 is 18.9 Å². The van der Waals surface area contributed by atoms with Crippen LogP contribution in [0.4, 0.5) is 5.82 Å². The summed E-state index contributed by atoms with van der Waals surface area (Å²) in [5, 5.41) is 0. The predicted octanol–water partition coefficient (Wildman–Crippen LogP) is 1.35. The van der Waals surface area contributed by atoms with Crippen molar-refractivity contribution in [1.29, 1.82) is 0 Å². The number of nitrogens with zero attached hydrogens (tertiary/aromatic N) is 5. The van der Waals surface area contributed by atoms with Crippen molar-refractivity contribution in [3.8, 4) is 5.88 Å². The molecular weight excluding hydrogens is 282 g/mol. The minimum atomic E-state index is 0.386. The van der Waals surface area contributed by atoms with E-state index < -0.39 is 0 Å². The van der Waals surface area contributed by atoms with Crippen molar-refractivity contribution < 1.29 is 9.47 Å². The molecule has 0 aromatic carbocycles. The maximum atomic E-state index is 5.63. The lowest BCUT2D eigenvalue weighted by Gasteiger charge is -2.24. The number of aromatic nitrogens is 4. The lowest BCUT2D eigenvalue weighted by Crippen LogP contribution is -2.31. The highest BCUT2D eigenvalue weighted by molar-refractivity contribution is 5.41. The minimum Gasteiger partial charge on any atom is -0.481 e. The summed E-state index contributed by atoms with van der Waals surface area (Å²) in [6, 6.07) is 1.86. The summed E-state index contributed by atoms with van der Waals surface area (Å²) in [6.07, 6.45) is 5.40. The molecule has 0 radical (unpaired) electrons. The summed E-state index contributed by atoms with van der Waals surface area (Å²) in [5.74, 6) is 2.84. The molecule has 7 nitrogen and oxygen atoms in total. The fourth-order valence-corrected chi connectivity index (χ4v) is 2.72. The molecule has 3 rings (SSSR count). The summed E-state index contributed by atoms with van der Waals surface area (Å²) in [6.45, 7) is 5.97. The number of anilines is 1. The zero-order valence-corrected chi connectivity index (χ0v) is 13.0. The van der Waals surface area contributed by atoms with Gasteiger partial charge in [-0.2, -0.15) is 0 Å². The van der Waals surface area contributed by atoms with Crippen LogP contribution in [0.1, 0.15) is 12.7 Å². The summed E-state index contributed by atoms with van der Waals surface area (Å²) in [4.78, 5) is 15.1. The smallest absolute Gasteiger partial charge is 0.218 e. The van der Waals surface area contributed by atoms with Crippen LogP contribution in [-0.4, -0.2) is 46.4 Å². The first-order chi connectivity index (χ1) is 10.8. The van der Waals surface area contributed by atoms with Crippen LogP contribution in [0.2, 0.25) is 0 Å². The molecule has 0 saturated carbocycles. The van der Waals surface area contributed by atoms with Crippen molar-refractivity contribution in [2.45, 2.75) is 20.0 Å². The highest BCUT2D eigenvalue weighted by atomic mass is 16.5. The first-order valence-corrected chi connectivity index (χ1v) is 7.49. The molecule has 7 heteroatoms. The van der Waals surface area contributed by atoms with Gasteiger partial charge in [0, 0.05) is 44.1 Å². The molecule has 2 aromatic heterocycles. The van der Waals surface area contributed by atoms with Crippen LogP contribution in [0.15, 0.2) is 24.8 Å². The maximum absolute atomic E-state index is 5.63. The number of fused-ring (bicyclic) bond motifs is 1. The zero-order chi connectivity index (χ0) is 15.4. The molecular formula is C15H21N5O2. The quantitative estimate of drug-likeness (QED) is 0.831. The molecule has 3 heterocycles. The molecule has 0 aliphatic carbocycles. The van der Waals surface area contributed by atoms with E-state index in [1.54, 1.807) is 7.11 Å². The number of ether oxygens (including phenoxy) is 2. The number of hydrogen-bond acceptors (Lipinski definition) is 6. The van der Waals surface area contributed by atoms with E-state index in [9.17, 15) is 0 Å². The minimum absolute atomic E-state index is 0.386. The van der Waals surface area contributed by atoms with Crippen molar-refractivity contribution >= 4 is 5.82 Å². The maximum Gasteiger partial charge on any atom is 0.218 e. The lowest BCUT2D eigenvalue weighted by atomic mass is 10.1. The third-order valence-electron chi connectivity index (χ3n) is 3.79. The zero-order valence-electron chi connectivity index (χ0n) is 13.0. The van der Waals surface area contributed by atoms with E-state index in [4.69, 9.17) is 9.47 Å². The Kier molecular flexibility index (Phi) is 4.53. The Labute approximate surface area is 129 Å². The number of rotatable bonds is 5. The molecule has 2 aromatic rings. The molecule has 0 bridgehead atoms. The van der Waals surface area contributed by atoms with Crippen molar-refractivity contribution in [3.05, 3.63) is 30.6 Å². The molecule has 0 fully saturated rings. The second-order valence-corrected chi connectivity index (χ2v) is 5.32. The SMILES string of the molecule is CCOC[C@H]1CN(c2cc(OC)ncn2)Cc2nccn2C1. The highest BCUT2D eigenvalue weighted by Crippen LogP contribution is 2.22. The monoisotopic (exact) mass is 303 g/mol. The van der Waals surface area contributed by atoms with Gasteiger partial charge in [0.25, 0.3) is 0 Å². The van der Waals surface area contributed by atoms with Gasteiger partial charge in [0.2, 0.25) is 5.88 Å². The van der Waals surface area contributed by atoms with Crippen molar-refractivity contribution in [2.24, 2.45) is 5.92 Å². The van der Waals surface area contributed by atoms with Gasteiger partial charge in [0.15, 0.2) is 0 Å². The Hall–Kier alpha value is -2.15. The molecule has 0 unspecified atom stereocenters. The van der Waals surface area contributed by atoms with E-state index in [0.29, 0.717) is 11.8 Å². The van der Waals surface area contributed by atoms with Crippen LogP contribution in [0, 0.1) is 5.92 Å². The molecule has 0 amide bonds. The fourth-order valence-electron chi connectivity index (χ4n) is 2.72. The molecule has 0 N–H and O–H groups in total. The summed E-state index contributed by atoms with van der Waals surface area (Å²) in [7, 11) is 1.61. The standard InChI is InChI=1S/C15H21N5O2/c1-3-22-10-12-7-19-5-4-16-14(19)9-20(8-12)13-6-15(21-2)18-11-17-13/h4-6,11-12H,3,7-10H2,1-2H3/t12-/m1/s1. The van der Waals surface area contributed by atoms with Gasteiger partial charge in [0.1, 0.15) is 18.0 Å². The molecule has 1 aliphatic heterocycles. The highest BCUT2D eigenvalue weighted by Gasteiger charge is 2.23. The van der Waals surface area contributed by atoms with E-state index in [1.165, 1.54) is 6.33 Å². The molecule has 1 aliphatic rings. The normalized spacial score (nSPS) is 17.9. The fraction of sp³-hybridized carbons (Fsp3) is 0.533. The van der Waals surface area contributed by atoms with E-state index >= 15 is 0 Å². The second kappa shape index (κ2) is 6.74. The van der Waals surface area contributed by atoms with E-state index in [-0.39, 0.29) is 0 Å². The van der Waals surface area contributed by atoms with Gasteiger partial charge in [-0.1, -0.05) is 0 Å². The largest absolute Gasteiger partial charge is 0.481 e. The number of imidazole rings is 1. The molecule has 0 saturated heterocycles. The van der Waals surface area contributed by atoms with E-state index in [2.05, 4.69) is 24.4 Å². The number of hydrogen-bond donors (Lipinski definition) is 0. The van der Waals surface area contributed by atoms with Crippen LogP contribution in [0.3, 0.4) is 0 Å². The van der Waals surface area contributed by atoms with E-state index in [1.807, 2.05) is 25.4 Å². The van der Waals surface area contributed by atoms with Gasteiger partial charge in [-0.05, 0) is 6.92 Å². The topological polar surface area (TPSA) is 65.3 Å². The average molecular weight is 303 g/mol. The molecule has 22 heavy (non-hydrogen) atoms. The van der Waals surface area contributed by atoms with Crippen LogP contribution in [0.5, 0.6) is 5.88 Å². The third kappa shape index (κ3) is 3.19. The molecule has 118 valence electrons. The van der Waals surface area contributed by atoms with Crippen LogP contribution < -0.4 is 9.64 Å². The lowest BCUT2D eigenvalue weighted by molar-refractivity contribution is 0.107. The van der Waals surface area contributed by atoms with E-state index in [0.717, 1.165) is 44.5 Å². The Morgan fingerprint density at radius 1 is 1.27 bits per heavy atom. The first-order valence-electron chi connectivity index (χ1n) is 7.49. The van der Waals surface area contributed by atoms with Gasteiger partial charge >= 0.3 is 0 Å². The van der Waals surface area contributed by atoms with Crippen molar-refractivity contribution in [1.82, 2.24) is 19.5 Å². The predicted molar refractivity (Wildman–Crippen MR) is 81.8 cm³/mol. The third-order valence-corrected chi connectivity index (χ3v) is 3.79. The van der Waals surface area contributed by atoms with Crippen molar-refractivity contribution in [2.75, 3.05) is 31.8 Å². The van der Waals surface area contributed by atoms with Crippen molar-refractivity contribution in [3.63, 3.8) is 0 Å². The van der Waals surface area contributed by atoms with Gasteiger partial charge in [-0.25, -0.2) is 15.0 Å². The van der Waals surface area contributed by atoms with Gasteiger partial charge in [0.05, 0.1) is 20.3 Å². The Balaban J connectivity index is 1.85. The Bertz CT molecular complexity index is 615.